The van der Waals surface area contributed by atoms with Crippen molar-refractivity contribution in [2.45, 2.75) is 32.7 Å². The van der Waals surface area contributed by atoms with Gasteiger partial charge in [0.2, 0.25) is 0 Å². The number of carboxylic acid groups (broad SMARTS) is 1. The summed E-state index contributed by atoms with van der Waals surface area (Å²) in [4.78, 5) is 11.0. The van der Waals surface area contributed by atoms with Crippen LogP contribution in [0.1, 0.15) is 37.4 Å². The fourth-order valence-electron chi connectivity index (χ4n) is 2.31. The second kappa shape index (κ2) is 5.21. The summed E-state index contributed by atoms with van der Waals surface area (Å²) in [5, 5.41) is 12.3. The molecule has 0 fully saturated rings. The lowest BCUT2D eigenvalue weighted by molar-refractivity contribution is -0.148. The molecule has 1 aliphatic rings. The number of benzene rings is 1. The van der Waals surface area contributed by atoms with E-state index in [0.717, 1.165) is 18.6 Å². The average molecular weight is 263 g/mol. The Morgan fingerprint density at radius 1 is 1.53 bits per heavy atom. The van der Waals surface area contributed by atoms with E-state index >= 15 is 0 Å². The molecule has 0 aliphatic heterocycles. The molecule has 0 bridgehead atoms. The van der Waals surface area contributed by atoms with Gasteiger partial charge in [-0.1, -0.05) is 6.07 Å². The van der Waals surface area contributed by atoms with Crippen LogP contribution >= 0.6 is 0 Å². The highest BCUT2D eigenvalue weighted by Crippen LogP contribution is 2.33. The lowest BCUT2D eigenvalue weighted by Gasteiger charge is -2.20. The summed E-state index contributed by atoms with van der Waals surface area (Å²) in [6.07, 6.45) is 2.15. The Morgan fingerprint density at radius 3 is 2.89 bits per heavy atom. The zero-order valence-corrected chi connectivity index (χ0v) is 11.7. The Morgan fingerprint density at radius 2 is 2.26 bits per heavy atom. The van der Waals surface area contributed by atoms with Gasteiger partial charge in [-0.25, -0.2) is 0 Å². The van der Waals surface area contributed by atoms with Gasteiger partial charge in [-0.05, 0) is 57.0 Å². The molecule has 1 aromatic rings. The fraction of sp³-hybridized carbons (Fsp3) is 0.533. The van der Waals surface area contributed by atoms with Crippen LogP contribution in [0.4, 0.5) is 0 Å². The predicted molar refractivity (Wildman–Crippen MR) is 73.5 cm³/mol. The molecular weight excluding hydrogens is 242 g/mol. The summed E-state index contributed by atoms with van der Waals surface area (Å²) < 4.78 is 5.63. The first-order valence-electron chi connectivity index (χ1n) is 6.60. The zero-order valence-electron chi connectivity index (χ0n) is 11.7. The van der Waals surface area contributed by atoms with Gasteiger partial charge in [0.1, 0.15) is 12.4 Å². The van der Waals surface area contributed by atoms with E-state index in [0.29, 0.717) is 6.04 Å². The van der Waals surface area contributed by atoms with E-state index in [9.17, 15) is 4.79 Å². The third-order valence-corrected chi connectivity index (χ3v) is 3.72. The van der Waals surface area contributed by atoms with Crippen molar-refractivity contribution in [3.05, 3.63) is 29.3 Å². The maximum Gasteiger partial charge on any atom is 0.312 e. The van der Waals surface area contributed by atoms with Gasteiger partial charge in [-0.2, -0.15) is 0 Å². The van der Waals surface area contributed by atoms with Crippen LogP contribution in [0.3, 0.4) is 0 Å². The van der Waals surface area contributed by atoms with Crippen LogP contribution in [0, 0.1) is 5.41 Å². The molecular formula is C15H21NO3. The lowest BCUT2D eigenvalue weighted by atomic mass is 9.95. The number of nitrogens with one attached hydrogen (secondary N) is 1. The highest BCUT2D eigenvalue weighted by molar-refractivity contribution is 5.73. The predicted octanol–water partition coefficient (Wildman–Crippen LogP) is 2.38. The molecule has 1 atom stereocenters. The minimum absolute atomic E-state index is 0.177. The van der Waals surface area contributed by atoms with Gasteiger partial charge < -0.3 is 15.2 Å². The number of aryl methyl sites for hydroxylation is 1. The van der Waals surface area contributed by atoms with Crippen molar-refractivity contribution in [1.82, 2.24) is 5.32 Å². The third-order valence-electron chi connectivity index (χ3n) is 3.72. The second-order valence-corrected chi connectivity index (χ2v) is 5.72. The lowest BCUT2D eigenvalue weighted by Crippen LogP contribution is -2.30. The number of ether oxygens (including phenoxy) is 1. The van der Waals surface area contributed by atoms with Crippen molar-refractivity contribution >= 4 is 5.97 Å². The summed E-state index contributed by atoms with van der Waals surface area (Å²) in [6.45, 7) is 3.51. The van der Waals surface area contributed by atoms with Crippen LogP contribution in [0.25, 0.3) is 0 Å². The van der Waals surface area contributed by atoms with E-state index < -0.39 is 11.4 Å². The van der Waals surface area contributed by atoms with E-state index in [1.54, 1.807) is 13.8 Å². The van der Waals surface area contributed by atoms with E-state index in [1.165, 1.54) is 11.1 Å². The first-order valence-corrected chi connectivity index (χ1v) is 6.60. The number of aliphatic carboxylic acids is 1. The molecule has 1 unspecified atom stereocenters. The Kier molecular flexibility index (Phi) is 3.80. The highest BCUT2D eigenvalue weighted by atomic mass is 16.5. The van der Waals surface area contributed by atoms with Gasteiger partial charge in [0.15, 0.2) is 0 Å². The van der Waals surface area contributed by atoms with Gasteiger partial charge in [0.25, 0.3) is 0 Å². The highest BCUT2D eigenvalue weighted by Gasteiger charge is 2.28. The first-order chi connectivity index (χ1) is 8.94. The first kappa shape index (κ1) is 13.9. The average Bonchev–Trinajstić information content (AvgIpc) is 2.78. The van der Waals surface area contributed by atoms with Gasteiger partial charge >= 0.3 is 5.97 Å². The van der Waals surface area contributed by atoms with Crippen molar-refractivity contribution in [2.75, 3.05) is 13.7 Å². The molecule has 2 N–H and O–H groups in total. The molecule has 0 amide bonds. The molecule has 1 aliphatic carbocycles. The molecule has 1 aromatic carbocycles. The van der Waals surface area contributed by atoms with Crippen LogP contribution in [-0.4, -0.2) is 24.7 Å². The topological polar surface area (TPSA) is 58.6 Å². The number of hydrogen-bond acceptors (Lipinski definition) is 3. The Hall–Kier alpha value is -1.55. The summed E-state index contributed by atoms with van der Waals surface area (Å²) in [5.41, 5.74) is 1.75. The van der Waals surface area contributed by atoms with Crippen molar-refractivity contribution in [2.24, 2.45) is 5.41 Å². The maximum atomic E-state index is 11.0. The van der Waals surface area contributed by atoms with Crippen molar-refractivity contribution in [3.63, 3.8) is 0 Å². The maximum absolute atomic E-state index is 11.0. The van der Waals surface area contributed by atoms with Gasteiger partial charge in [-0.15, -0.1) is 0 Å². The van der Waals surface area contributed by atoms with Gasteiger partial charge in [0, 0.05) is 6.04 Å². The molecule has 0 heterocycles. The van der Waals surface area contributed by atoms with Crippen molar-refractivity contribution in [1.29, 1.82) is 0 Å². The quantitative estimate of drug-likeness (QED) is 0.856. The molecule has 0 aromatic heterocycles. The van der Waals surface area contributed by atoms with Crippen LogP contribution in [-0.2, 0) is 11.2 Å². The monoisotopic (exact) mass is 263 g/mol. The third kappa shape index (κ3) is 2.89. The number of carbonyl (C=O) groups is 1. The Bertz CT molecular complexity index is 482. The minimum Gasteiger partial charge on any atom is -0.492 e. The molecule has 2 rings (SSSR count). The van der Waals surface area contributed by atoms with Crippen LogP contribution in [0.5, 0.6) is 5.75 Å². The van der Waals surface area contributed by atoms with E-state index in [1.807, 2.05) is 19.2 Å². The standard InChI is InChI=1S/C15H21NO3/c1-15(2,14(17)18)9-19-11-5-6-12-10(8-11)4-7-13(12)16-3/h5-6,8,13,16H,4,7,9H2,1-3H3,(H,17,18). The fourth-order valence-corrected chi connectivity index (χ4v) is 2.31. The second-order valence-electron chi connectivity index (χ2n) is 5.72. The summed E-state index contributed by atoms with van der Waals surface area (Å²) in [6, 6.07) is 6.46. The number of fused-ring (bicyclic) bond motifs is 1. The molecule has 4 heteroatoms. The van der Waals surface area contributed by atoms with Crippen LogP contribution < -0.4 is 10.1 Å². The number of rotatable bonds is 5. The summed E-state index contributed by atoms with van der Waals surface area (Å²) >= 11 is 0. The van der Waals surface area contributed by atoms with Crippen molar-refractivity contribution in [3.8, 4) is 5.75 Å². The largest absolute Gasteiger partial charge is 0.492 e. The number of carboxylic acids is 1. The van der Waals surface area contributed by atoms with Gasteiger partial charge in [0.05, 0.1) is 5.41 Å². The molecule has 104 valence electrons. The summed E-state index contributed by atoms with van der Waals surface area (Å²) in [5.74, 6) is -0.0891. The zero-order chi connectivity index (χ0) is 14.0. The van der Waals surface area contributed by atoms with E-state index in [2.05, 4.69) is 11.4 Å². The SMILES string of the molecule is CNC1CCc2cc(OCC(C)(C)C(=O)O)ccc21. The van der Waals surface area contributed by atoms with E-state index in [4.69, 9.17) is 9.84 Å². The van der Waals surface area contributed by atoms with Gasteiger partial charge in [-0.3, -0.25) is 4.79 Å². The normalized spacial score (nSPS) is 18.2. The van der Waals surface area contributed by atoms with Crippen molar-refractivity contribution < 1.29 is 14.6 Å². The van der Waals surface area contributed by atoms with E-state index in [-0.39, 0.29) is 6.61 Å². The van der Waals surface area contributed by atoms with Crippen LogP contribution in [0.15, 0.2) is 18.2 Å². The molecule has 19 heavy (non-hydrogen) atoms. The minimum atomic E-state index is -0.869. The summed E-state index contributed by atoms with van der Waals surface area (Å²) in [7, 11) is 1.97. The Labute approximate surface area is 113 Å². The smallest absolute Gasteiger partial charge is 0.312 e. The molecule has 4 nitrogen and oxygen atoms in total. The molecule has 0 saturated carbocycles. The number of hydrogen-bond donors (Lipinski definition) is 2. The Balaban J connectivity index is 2.06. The molecule has 0 spiro atoms. The molecule has 0 radical (unpaired) electrons. The van der Waals surface area contributed by atoms with Crippen LogP contribution in [0.2, 0.25) is 0 Å². The molecule has 0 saturated heterocycles.